The molecular formula is C29H47NO3. The summed E-state index contributed by atoms with van der Waals surface area (Å²) in [6, 6.07) is -0.372. The molecule has 4 N–H and O–H groups in total. The Morgan fingerprint density at radius 1 is 1.06 bits per heavy atom. The summed E-state index contributed by atoms with van der Waals surface area (Å²) in [5.41, 5.74) is 8.18. The molecule has 5 saturated carbocycles. The van der Waals surface area contributed by atoms with Gasteiger partial charge in [-0.1, -0.05) is 44.3 Å². The lowest BCUT2D eigenvalue weighted by Gasteiger charge is -2.41. The van der Waals surface area contributed by atoms with Crippen LogP contribution in [0.5, 0.6) is 0 Å². The van der Waals surface area contributed by atoms with Crippen LogP contribution < -0.4 is 5.73 Å². The van der Waals surface area contributed by atoms with Crippen molar-refractivity contribution in [2.45, 2.75) is 102 Å². The topological polar surface area (TPSA) is 83.6 Å². The van der Waals surface area contributed by atoms with Gasteiger partial charge in [0, 0.05) is 12.0 Å². The molecule has 0 bridgehead atoms. The monoisotopic (exact) mass is 457 g/mol. The second kappa shape index (κ2) is 9.74. The van der Waals surface area contributed by atoms with E-state index in [-0.39, 0.29) is 30.1 Å². The minimum Gasteiger partial charge on any atom is -0.396 e. The second-order valence-electron chi connectivity index (χ2n) is 12.6. The number of hydrogen-bond acceptors (Lipinski definition) is 4. The fourth-order valence-corrected chi connectivity index (χ4v) is 9.95. The summed E-state index contributed by atoms with van der Waals surface area (Å²) in [5.74, 6) is 4.95. The molecule has 5 aliphatic carbocycles. The SMILES string of the molecule is C=C1CC[C@@H]2[C@H]([C@@H]3C[C@@H](C4CCCC4)C[C@H]13)[C@@]2([C@H]1CCC[C@H]([C@H](O)CCCO)C1)[C@@H](N)C=O. The van der Waals surface area contributed by atoms with Gasteiger partial charge in [-0.25, -0.2) is 0 Å². The molecular weight excluding hydrogens is 410 g/mol. The molecule has 0 aromatic rings. The summed E-state index contributed by atoms with van der Waals surface area (Å²) >= 11 is 0. The Kier molecular flexibility index (Phi) is 7.09. The highest BCUT2D eigenvalue weighted by Gasteiger charge is 2.73. The van der Waals surface area contributed by atoms with E-state index in [0.29, 0.717) is 42.4 Å². The molecule has 0 unspecified atom stereocenters. The van der Waals surface area contributed by atoms with Crippen LogP contribution in [0.4, 0.5) is 0 Å². The van der Waals surface area contributed by atoms with Crippen molar-refractivity contribution >= 4 is 6.29 Å². The number of aliphatic hydroxyl groups excluding tert-OH is 2. The average Bonchev–Trinajstić information content (AvgIpc) is 3.15. The van der Waals surface area contributed by atoms with Crippen LogP contribution in [0.25, 0.3) is 0 Å². The largest absolute Gasteiger partial charge is 0.396 e. The molecule has 0 aliphatic heterocycles. The van der Waals surface area contributed by atoms with Crippen LogP contribution in [0.3, 0.4) is 0 Å². The van der Waals surface area contributed by atoms with E-state index < -0.39 is 0 Å². The highest BCUT2D eigenvalue weighted by molar-refractivity contribution is 5.61. The van der Waals surface area contributed by atoms with Crippen LogP contribution in [-0.4, -0.2) is 35.3 Å². The van der Waals surface area contributed by atoms with E-state index in [1.54, 1.807) is 0 Å². The zero-order valence-electron chi connectivity index (χ0n) is 20.5. The minimum atomic E-state index is -0.372. The molecule has 0 radical (unpaired) electrons. The van der Waals surface area contributed by atoms with E-state index in [2.05, 4.69) is 6.58 Å². The predicted molar refractivity (Wildman–Crippen MR) is 131 cm³/mol. The maximum Gasteiger partial charge on any atom is 0.137 e. The third-order valence-corrected chi connectivity index (χ3v) is 11.4. The lowest BCUT2D eigenvalue weighted by Crippen LogP contribution is -2.44. The zero-order chi connectivity index (χ0) is 23.2. The first-order chi connectivity index (χ1) is 16.0. The number of rotatable bonds is 8. The molecule has 4 heteroatoms. The molecule has 33 heavy (non-hydrogen) atoms. The van der Waals surface area contributed by atoms with E-state index in [1.165, 1.54) is 44.1 Å². The van der Waals surface area contributed by atoms with Crippen LogP contribution >= 0.6 is 0 Å². The number of allylic oxidation sites excluding steroid dienone is 1. The van der Waals surface area contributed by atoms with E-state index in [0.717, 1.165) is 56.6 Å². The van der Waals surface area contributed by atoms with Crippen molar-refractivity contribution in [3.8, 4) is 0 Å². The number of nitrogens with two attached hydrogens (primary N) is 1. The van der Waals surface area contributed by atoms with Crippen LogP contribution in [-0.2, 0) is 4.79 Å². The number of carbonyl (C=O) groups excluding carboxylic acids is 1. The quantitative estimate of drug-likeness (QED) is 0.359. The molecule has 5 aliphatic rings. The summed E-state index contributed by atoms with van der Waals surface area (Å²) < 4.78 is 0. The van der Waals surface area contributed by atoms with Gasteiger partial charge in [0.15, 0.2) is 0 Å². The molecule has 0 spiro atoms. The Labute approximate surface area is 200 Å². The van der Waals surface area contributed by atoms with Gasteiger partial charge in [0.1, 0.15) is 6.29 Å². The van der Waals surface area contributed by atoms with Gasteiger partial charge >= 0.3 is 0 Å². The van der Waals surface area contributed by atoms with E-state index in [9.17, 15) is 15.0 Å². The van der Waals surface area contributed by atoms with Crippen molar-refractivity contribution in [1.29, 1.82) is 0 Å². The maximum atomic E-state index is 12.2. The molecule has 4 nitrogen and oxygen atoms in total. The van der Waals surface area contributed by atoms with E-state index in [4.69, 9.17) is 5.73 Å². The lowest BCUT2D eigenvalue weighted by atomic mass is 9.65. The van der Waals surface area contributed by atoms with Crippen LogP contribution in [0.2, 0.25) is 0 Å². The Morgan fingerprint density at radius 2 is 1.85 bits per heavy atom. The molecule has 0 heterocycles. The van der Waals surface area contributed by atoms with Crippen molar-refractivity contribution in [2.75, 3.05) is 6.61 Å². The van der Waals surface area contributed by atoms with Gasteiger partial charge < -0.3 is 20.7 Å². The third-order valence-electron chi connectivity index (χ3n) is 11.4. The van der Waals surface area contributed by atoms with Crippen LogP contribution in [0.15, 0.2) is 12.2 Å². The number of hydrogen-bond donors (Lipinski definition) is 3. The van der Waals surface area contributed by atoms with Gasteiger partial charge in [-0.3, -0.25) is 0 Å². The van der Waals surface area contributed by atoms with Gasteiger partial charge in [0.25, 0.3) is 0 Å². The van der Waals surface area contributed by atoms with Crippen LogP contribution in [0, 0.1) is 52.8 Å². The molecule has 0 aromatic heterocycles. The molecule has 0 amide bonds. The van der Waals surface area contributed by atoms with Crippen molar-refractivity contribution < 1.29 is 15.0 Å². The summed E-state index contributed by atoms with van der Waals surface area (Å²) in [5, 5.41) is 20.0. The van der Waals surface area contributed by atoms with Crippen LogP contribution in [0.1, 0.15) is 89.9 Å². The van der Waals surface area contributed by atoms with Crippen molar-refractivity contribution in [1.82, 2.24) is 0 Å². The van der Waals surface area contributed by atoms with Gasteiger partial charge in [-0.05, 0) is 105 Å². The van der Waals surface area contributed by atoms with Gasteiger partial charge in [0.05, 0.1) is 12.1 Å². The fourth-order valence-electron chi connectivity index (χ4n) is 9.95. The summed E-state index contributed by atoms with van der Waals surface area (Å²) in [6.45, 7) is 4.71. The third kappa shape index (κ3) is 4.06. The first kappa shape index (κ1) is 24.0. The first-order valence-corrected chi connectivity index (χ1v) is 14.2. The molecule has 0 saturated heterocycles. The fraction of sp³-hybridized carbons (Fsp3) is 0.897. The van der Waals surface area contributed by atoms with Gasteiger partial charge in [-0.2, -0.15) is 0 Å². The smallest absolute Gasteiger partial charge is 0.137 e. The first-order valence-electron chi connectivity index (χ1n) is 14.2. The van der Waals surface area contributed by atoms with Gasteiger partial charge in [-0.15, -0.1) is 0 Å². The zero-order valence-corrected chi connectivity index (χ0v) is 20.5. The normalized spacial score (nSPS) is 45.2. The Morgan fingerprint density at radius 3 is 2.58 bits per heavy atom. The van der Waals surface area contributed by atoms with Crippen molar-refractivity contribution in [3.63, 3.8) is 0 Å². The number of aliphatic hydroxyl groups is 2. The molecule has 186 valence electrons. The molecule has 10 atom stereocenters. The predicted octanol–water partition coefficient (Wildman–Crippen LogP) is 4.87. The minimum absolute atomic E-state index is 0.0503. The Balaban J connectivity index is 1.39. The standard InChI is InChI=1S/C29H47NO3/c1-18-11-12-25-28(24-16-21(15-23(18)24)19-6-2-3-7-19)29(25,27(30)17-32)22-9-4-8-20(14-22)26(33)10-5-13-31/h17,19-28,31,33H,1-16,30H2/t20-,21-,22-,23+,24+,25+,26+,27-,28-,29+/m0/s1. The van der Waals surface area contributed by atoms with Crippen molar-refractivity contribution in [2.24, 2.45) is 58.5 Å². The summed E-state index contributed by atoms with van der Waals surface area (Å²) in [6.07, 6.45) is 17.0. The maximum absolute atomic E-state index is 12.2. The van der Waals surface area contributed by atoms with Crippen molar-refractivity contribution in [3.05, 3.63) is 12.2 Å². The number of carbonyl (C=O) groups is 1. The summed E-state index contributed by atoms with van der Waals surface area (Å²) in [7, 11) is 0. The number of fused-ring (bicyclic) bond motifs is 3. The average molecular weight is 458 g/mol. The number of aldehydes is 1. The Bertz CT molecular complexity index is 718. The Hall–Kier alpha value is -0.710. The van der Waals surface area contributed by atoms with E-state index >= 15 is 0 Å². The highest BCUT2D eigenvalue weighted by Crippen LogP contribution is 2.76. The highest BCUT2D eigenvalue weighted by atomic mass is 16.3. The molecule has 5 rings (SSSR count). The molecule has 0 aromatic carbocycles. The second-order valence-corrected chi connectivity index (χ2v) is 12.6. The lowest BCUT2D eigenvalue weighted by molar-refractivity contribution is -0.111. The van der Waals surface area contributed by atoms with E-state index in [1.807, 2.05) is 0 Å². The van der Waals surface area contributed by atoms with Gasteiger partial charge in [0.2, 0.25) is 0 Å². The molecule has 5 fully saturated rings. The summed E-state index contributed by atoms with van der Waals surface area (Å²) in [4.78, 5) is 12.2.